The zero-order chi connectivity index (χ0) is 18.0. The Labute approximate surface area is 140 Å². The molecule has 0 saturated carbocycles. The second-order valence-corrected chi connectivity index (χ2v) is 5.24. The van der Waals surface area contributed by atoms with Gasteiger partial charge in [0.25, 0.3) is 5.69 Å². The maximum Gasteiger partial charge on any atom is 0.279 e. The van der Waals surface area contributed by atoms with Crippen LogP contribution in [0.5, 0.6) is 5.75 Å². The van der Waals surface area contributed by atoms with E-state index in [0.29, 0.717) is 5.39 Å². The number of aliphatic hydroxyl groups excluding tert-OH is 1. The molecular formula is C17H12F2N2O4. The van der Waals surface area contributed by atoms with Crippen molar-refractivity contribution in [2.45, 2.75) is 6.10 Å². The third kappa shape index (κ3) is 3.38. The number of ether oxygens (including phenoxy) is 1. The van der Waals surface area contributed by atoms with Crippen molar-refractivity contribution in [3.05, 3.63) is 76.0 Å². The Morgan fingerprint density at radius 2 is 2.00 bits per heavy atom. The van der Waals surface area contributed by atoms with Gasteiger partial charge in [-0.05, 0) is 35.9 Å². The Morgan fingerprint density at radius 1 is 1.20 bits per heavy atom. The molecule has 3 rings (SSSR count). The van der Waals surface area contributed by atoms with Crippen molar-refractivity contribution in [1.29, 1.82) is 0 Å². The third-order valence-corrected chi connectivity index (χ3v) is 3.63. The van der Waals surface area contributed by atoms with Gasteiger partial charge in [0.05, 0.1) is 10.3 Å². The summed E-state index contributed by atoms with van der Waals surface area (Å²) in [5.74, 6) is -1.84. The number of nitrogens with zero attached hydrogens (tertiary/aromatic N) is 2. The lowest BCUT2D eigenvalue weighted by Crippen LogP contribution is -2.10. The highest BCUT2D eigenvalue weighted by atomic mass is 19.2. The van der Waals surface area contributed by atoms with Crippen LogP contribution >= 0.6 is 0 Å². The molecule has 1 unspecified atom stereocenters. The lowest BCUT2D eigenvalue weighted by molar-refractivity contribution is -0.383. The minimum absolute atomic E-state index is 0.114. The van der Waals surface area contributed by atoms with Gasteiger partial charge in [0.2, 0.25) is 0 Å². The number of rotatable bonds is 5. The SMILES string of the molecule is O=[N+]([O-])c1ccc(OCC(O)c2ccc(F)c(F)c2)c2ncccc12. The average Bonchev–Trinajstić information content (AvgIpc) is 2.61. The fourth-order valence-corrected chi connectivity index (χ4v) is 2.39. The highest BCUT2D eigenvalue weighted by Gasteiger charge is 2.17. The number of halogens is 2. The van der Waals surface area contributed by atoms with E-state index >= 15 is 0 Å². The van der Waals surface area contributed by atoms with Gasteiger partial charge in [-0.15, -0.1) is 0 Å². The van der Waals surface area contributed by atoms with E-state index in [1.54, 1.807) is 12.1 Å². The van der Waals surface area contributed by atoms with Gasteiger partial charge in [-0.3, -0.25) is 15.1 Å². The zero-order valence-electron chi connectivity index (χ0n) is 12.7. The Morgan fingerprint density at radius 3 is 2.72 bits per heavy atom. The van der Waals surface area contributed by atoms with E-state index in [0.717, 1.165) is 12.1 Å². The monoisotopic (exact) mass is 346 g/mol. The Hall–Kier alpha value is -3.13. The number of fused-ring (bicyclic) bond motifs is 1. The van der Waals surface area contributed by atoms with Crippen molar-refractivity contribution in [3.8, 4) is 5.75 Å². The number of benzene rings is 2. The molecule has 1 N–H and O–H groups in total. The molecule has 1 atom stereocenters. The van der Waals surface area contributed by atoms with E-state index in [1.807, 2.05) is 0 Å². The number of non-ortho nitro benzene ring substituents is 1. The summed E-state index contributed by atoms with van der Waals surface area (Å²) < 4.78 is 31.7. The first-order chi connectivity index (χ1) is 12.0. The molecule has 3 aromatic rings. The van der Waals surface area contributed by atoms with Crippen LogP contribution in [0.4, 0.5) is 14.5 Å². The Balaban J connectivity index is 1.85. The van der Waals surface area contributed by atoms with Crippen molar-refractivity contribution >= 4 is 16.6 Å². The van der Waals surface area contributed by atoms with Gasteiger partial charge in [0.15, 0.2) is 11.6 Å². The molecule has 1 aromatic heterocycles. The fourth-order valence-electron chi connectivity index (χ4n) is 2.39. The number of hydrogen-bond acceptors (Lipinski definition) is 5. The minimum Gasteiger partial charge on any atom is -0.488 e. The van der Waals surface area contributed by atoms with Crippen LogP contribution < -0.4 is 4.74 Å². The van der Waals surface area contributed by atoms with Gasteiger partial charge in [-0.25, -0.2) is 8.78 Å². The van der Waals surface area contributed by atoms with Crippen LogP contribution in [0.25, 0.3) is 10.9 Å². The summed E-state index contributed by atoms with van der Waals surface area (Å²) in [5.41, 5.74) is 0.309. The summed E-state index contributed by atoms with van der Waals surface area (Å²) >= 11 is 0. The summed E-state index contributed by atoms with van der Waals surface area (Å²) in [6.45, 7) is -0.255. The topological polar surface area (TPSA) is 85.5 Å². The molecule has 0 aliphatic carbocycles. The Kier molecular flexibility index (Phi) is 4.53. The van der Waals surface area contributed by atoms with E-state index in [-0.39, 0.29) is 29.1 Å². The number of hydrogen-bond donors (Lipinski definition) is 1. The highest BCUT2D eigenvalue weighted by molar-refractivity contribution is 5.92. The summed E-state index contributed by atoms with van der Waals surface area (Å²) in [5, 5.41) is 21.4. The summed E-state index contributed by atoms with van der Waals surface area (Å²) in [7, 11) is 0. The number of nitro groups is 1. The van der Waals surface area contributed by atoms with E-state index in [2.05, 4.69) is 4.98 Å². The van der Waals surface area contributed by atoms with Crippen LogP contribution in [0.1, 0.15) is 11.7 Å². The number of aliphatic hydroxyl groups is 1. The lowest BCUT2D eigenvalue weighted by atomic mass is 10.1. The maximum absolute atomic E-state index is 13.2. The number of aromatic nitrogens is 1. The predicted molar refractivity (Wildman–Crippen MR) is 85.2 cm³/mol. The molecule has 0 bridgehead atoms. The van der Waals surface area contributed by atoms with Crippen LogP contribution in [-0.4, -0.2) is 21.6 Å². The molecule has 0 fully saturated rings. The molecular weight excluding hydrogens is 334 g/mol. The van der Waals surface area contributed by atoms with Gasteiger partial charge in [0, 0.05) is 12.3 Å². The molecule has 1 heterocycles. The summed E-state index contributed by atoms with van der Waals surface area (Å²) in [6, 6.07) is 8.81. The second-order valence-electron chi connectivity index (χ2n) is 5.24. The van der Waals surface area contributed by atoms with E-state index in [1.165, 1.54) is 24.4 Å². The number of nitro benzene ring substituents is 1. The standard InChI is InChI=1S/C17H12F2N2O4/c18-12-4-3-10(8-13(12)19)15(22)9-25-16-6-5-14(21(23)24)11-2-1-7-20-17(11)16/h1-8,15,22H,9H2. The first kappa shape index (κ1) is 16.7. The summed E-state index contributed by atoms with van der Waals surface area (Å²) in [6.07, 6.45) is 0.258. The number of pyridine rings is 1. The molecule has 0 saturated heterocycles. The molecule has 0 aliphatic heterocycles. The molecule has 0 spiro atoms. The van der Waals surface area contributed by atoms with Crippen molar-refractivity contribution in [2.24, 2.45) is 0 Å². The molecule has 0 amide bonds. The van der Waals surface area contributed by atoms with Gasteiger partial charge < -0.3 is 9.84 Å². The largest absolute Gasteiger partial charge is 0.488 e. The second kappa shape index (κ2) is 6.78. The third-order valence-electron chi connectivity index (χ3n) is 3.63. The van der Waals surface area contributed by atoms with Crippen molar-refractivity contribution < 1.29 is 23.5 Å². The molecule has 6 nitrogen and oxygen atoms in total. The quantitative estimate of drug-likeness (QED) is 0.564. The van der Waals surface area contributed by atoms with Gasteiger partial charge >= 0.3 is 0 Å². The van der Waals surface area contributed by atoms with Crippen molar-refractivity contribution in [2.75, 3.05) is 6.61 Å². The van der Waals surface area contributed by atoms with Crippen LogP contribution in [0.3, 0.4) is 0 Å². The highest BCUT2D eigenvalue weighted by Crippen LogP contribution is 2.31. The normalized spacial score (nSPS) is 12.1. The van der Waals surface area contributed by atoms with Gasteiger partial charge in [-0.2, -0.15) is 0 Å². The van der Waals surface area contributed by atoms with Crippen molar-refractivity contribution in [3.63, 3.8) is 0 Å². The molecule has 2 aromatic carbocycles. The van der Waals surface area contributed by atoms with Crippen LogP contribution in [-0.2, 0) is 0 Å². The van der Waals surface area contributed by atoms with Crippen LogP contribution in [0.2, 0.25) is 0 Å². The smallest absolute Gasteiger partial charge is 0.279 e. The van der Waals surface area contributed by atoms with Crippen LogP contribution in [0, 0.1) is 21.7 Å². The predicted octanol–water partition coefficient (Wildman–Crippen LogP) is 3.53. The van der Waals surface area contributed by atoms with Crippen molar-refractivity contribution in [1.82, 2.24) is 4.98 Å². The molecule has 8 heteroatoms. The Bertz CT molecular complexity index is 949. The van der Waals surface area contributed by atoms with E-state index in [9.17, 15) is 24.0 Å². The maximum atomic E-state index is 13.2. The van der Waals surface area contributed by atoms with Gasteiger partial charge in [0.1, 0.15) is 24.0 Å². The minimum atomic E-state index is -1.20. The first-order valence-corrected chi connectivity index (χ1v) is 7.25. The zero-order valence-corrected chi connectivity index (χ0v) is 12.7. The molecule has 128 valence electrons. The molecule has 25 heavy (non-hydrogen) atoms. The lowest BCUT2D eigenvalue weighted by Gasteiger charge is -2.14. The summed E-state index contributed by atoms with van der Waals surface area (Å²) in [4.78, 5) is 14.6. The average molecular weight is 346 g/mol. The molecule has 0 aliphatic rings. The fraction of sp³-hybridized carbons (Fsp3) is 0.118. The molecule has 0 radical (unpaired) electrons. The van der Waals surface area contributed by atoms with Gasteiger partial charge in [-0.1, -0.05) is 6.07 Å². The van der Waals surface area contributed by atoms with E-state index in [4.69, 9.17) is 4.74 Å². The van der Waals surface area contributed by atoms with E-state index < -0.39 is 22.7 Å². The first-order valence-electron chi connectivity index (χ1n) is 7.25. The van der Waals surface area contributed by atoms with Crippen LogP contribution in [0.15, 0.2) is 48.7 Å².